The van der Waals surface area contributed by atoms with Crippen LogP contribution in [0.2, 0.25) is 0 Å². The van der Waals surface area contributed by atoms with Crippen molar-refractivity contribution in [3.63, 3.8) is 0 Å². The van der Waals surface area contributed by atoms with Crippen LogP contribution in [0.4, 0.5) is 5.69 Å². The van der Waals surface area contributed by atoms with Gasteiger partial charge in [-0.15, -0.1) is 0 Å². The first-order valence-electron chi connectivity index (χ1n) is 10.1. The molecule has 6 nitrogen and oxygen atoms in total. The molecular formula is C26H23N3O3. The lowest BCUT2D eigenvalue weighted by atomic mass is 9.98. The molecule has 0 unspecified atom stereocenters. The molecule has 4 aromatic rings. The number of hydrogen-bond donors (Lipinski definition) is 3. The van der Waals surface area contributed by atoms with E-state index >= 15 is 0 Å². The van der Waals surface area contributed by atoms with E-state index in [1.54, 1.807) is 30.3 Å². The molecule has 3 aromatic carbocycles. The number of aromatic amines is 1. The van der Waals surface area contributed by atoms with Crippen molar-refractivity contribution in [2.24, 2.45) is 5.73 Å². The van der Waals surface area contributed by atoms with Crippen LogP contribution < -0.4 is 16.2 Å². The molecule has 1 amide bonds. The van der Waals surface area contributed by atoms with Crippen LogP contribution in [0.15, 0.2) is 72.8 Å². The third-order valence-electron chi connectivity index (χ3n) is 5.48. The molecule has 0 aliphatic carbocycles. The number of nitrogens with one attached hydrogen (secondary N) is 1. The van der Waals surface area contributed by atoms with Gasteiger partial charge in [0, 0.05) is 5.56 Å². The lowest BCUT2D eigenvalue weighted by Crippen LogP contribution is -2.14. The molecule has 0 atom stereocenters. The number of anilines is 1. The number of carbonyl (C=O) groups is 2. The van der Waals surface area contributed by atoms with Gasteiger partial charge < -0.3 is 21.2 Å². The average Bonchev–Trinajstić information content (AvgIpc) is 3.14. The summed E-state index contributed by atoms with van der Waals surface area (Å²) < 4.78 is 5.82. The van der Waals surface area contributed by atoms with E-state index < -0.39 is 5.91 Å². The molecule has 0 bridgehead atoms. The average molecular weight is 425 g/mol. The Morgan fingerprint density at radius 3 is 2.16 bits per heavy atom. The number of aryl methyl sites for hydroxylation is 1. The van der Waals surface area contributed by atoms with Crippen molar-refractivity contribution in [1.29, 1.82) is 0 Å². The molecule has 0 aliphatic heterocycles. The van der Waals surface area contributed by atoms with Crippen LogP contribution in [-0.4, -0.2) is 16.7 Å². The SMILES string of the molecule is Cc1cccc(C(=O)c2[nH]c(-c3ccc(Oc4ccccc4)cc3)c(C(N)=O)c2N)c1C. The predicted octanol–water partition coefficient (Wildman–Crippen LogP) is 5.00. The molecule has 4 rings (SSSR count). The van der Waals surface area contributed by atoms with Crippen LogP contribution in [0.3, 0.4) is 0 Å². The molecule has 1 aromatic heterocycles. The number of hydrogen-bond acceptors (Lipinski definition) is 4. The topological polar surface area (TPSA) is 111 Å². The van der Waals surface area contributed by atoms with E-state index in [1.165, 1.54) is 0 Å². The highest BCUT2D eigenvalue weighted by molar-refractivity contribution is 6.17. The van der Waals surface area contributed by atoms with Crippen molar-refractivity contribution >= 4 is 17.4 Å². The largest absolute Gasteiger partial charge is 0.457 e. The Kier molecular flexibility index (Phi) is 5.52. The Hall–Kier alpha value is -4.32. The Morgan fingerprint density at radius 2 is 1.50 bits per heavy atom. The van der Waals surface area contributed by atoms with Gasteiger partial charge >= 0.3 is 0 Å². The summed E-state index contributed by atoms with van der Waals surface area (Å²) in [5.74, 6) is 0.343. The summed E-state index contributed by atoms with van der Waals surface area (Å²) in [4.78, 5) is 28.5. The first kappa shape index (κ1) is 20.9. The summed E-state index contributed by atoms with van der Waals surface area (Å²) in [7, 11) is 0. The minimum Gasteiger partial charge on any atom is -0.457 e. The van der Waals surface area contributed by atoms with E-state index in [1.807, 2.05) is 56.3 Å². The van der Waals surface area contributed by atoms with Crippen LogP contribution >= 0.6 is 0 Å². The highest BCUT2D eigenvalue weighted by Gasteiger charge is 2.26. The van der Waals surface area contributed by atoms with Crippen LogP contribution in [0.25, 0.3) is 11.3 Å². The maximum absolute atomic E-state index is 13.2. The van der Waals surface area contributed by atoms with E-state index in [0.717, 1.165) is 11.1 Å². The number of ether oxygens (including phenoxy) is 1. The Morgan fingerprint density at radius 1 is 0.844 bits per heavy atom. The van der Waals surface area contributed by atoms with Gasteiger partial charge in [-0.05, 0) is 66.9 Å². The monoisotopic (exact) mass is 425 g/mol. The van der Waals surface area contributed by atoms with Crippen LogP contribution in [0.5, 0.6) is 11.5 Å². The molecule has 0 spiro atoms. The summed E-state index contributed by atoms with van der Waals surface area (Å²) >= 11 is 0. The van der Waals surface area contributed by atoms with E-state index in [-0.39, 0.29) is 22.7 Å². The zero-order valence-electron chi connectivity index (χ0n) is 17.8. The van der Waals surface area contributed by atoms with E-state index in [4.69, 9.17) is 16.2 Å². The molecule has 0 saturated carbocycles. The number of ketones is 1. The smallest absolute Gasteiger partial charge is 0.253 e. The van der Waals surface area contributed by atoms with Crippen molar-refractivity contribution in [3.8, 4) is 22.8 Å². The molecule has 5 N–H and O–H groups in total. The highest BCUT2D eigenvalue weighted by atomic mass is 16.5. The zero-order chi connectivity index (χ0) is 22.8. The molecule has 160 valence electrons. The summed E-state index contributed by atoms with van der Waals surface area (Å²) in [6.07, 6.45) is 0. The van der Waals surface area contributed by atoms with Gasteiger partial charge in [-0.3, -0.25) is 9.59 Å². The van der Waals surface area contributed by atoms with Crippen LogP contribution in [0.1, 0.15) is 37.5 Å². The molecule has 0 saturated heterocycles. The number of aromatic nitrogens is 1. The Balaban J connectivity index is 1.72. The molecule has 1 heterocycles. The number of amides is 1. The van der Waals surface area contributed by atoms with Gasteiger partial charge in [0.1, 0.15) is 17.2 Å². The summed E-state index contributed by atoms with van der Waals surface area (Å²) in [5.41, 5.74) is 15.5. The van der Waals surface area contributed by atoms with Gasteiger partial charge in [-0.25, -0.2) is 0 Å². The van der Waals surface area contributed by atoms with Crippen LogP contribution in [-0.2, 0) is 0 Å². The van der Waals surface area contributed by atoms with Crippen molar-refractivity contribution in [1.82, 2.24) is 4.98 Å². The third-order valence-corrected chi connectivity index (χ3v) is 5.48. The standard InChI is InChI=1S/C26H23N3O3/c1-15-7-6-10-20(16(15)2)25(30)24-22(27)21(26(28)31)23(29-24)17-11-13-19(14-12-17)32-18-8-4-3-5-9-18/h3-14,29H,27H2,1-2H3,(H2,28,31). The van der Waals surface area contributed by atoms with E-state index in [2.05, 4.69) is 4.98 Å². The number of nitrogen functional groups attached to an aromatic ring is 1. The van der Waals surface area contributed by atoms with Gasteiger partial charge in [-0.1, -0.05) is 36.4 Å². The van der Waals surface area contributed by atoms with E-state index in [0.29, 0.717) is 28.3 Å². The summed E-state index contributed by atoms with van der Waals surface area (Å²) in [6.45, 7) is 3.81. The van der Waals surface area contributed by atoms with Gasteiger partial charge in [0.25, 0.3) is 5.91 Å². The molecule has 32 heavy (non-hydrogen) atoms. The second-order valence-electron chi connectivity index (χ2n) is 7.54. The Bertz CT molecular complexity index is 1310. The summed E-state index contributed by atoms with van der Waals surface area (Å²) in [5, 5.41) is 0. The highest BCUT2D eigenvalue weighted by Crippen LogP contribution is 2.33. The number of rotatable bonds is 6. The van der Waals surface area contributed by atoms with Crippen molar-refractivity contribution in [2.45, 2.75) is 13.8 Å². The fourth-order valence-electron chi connectivity index (χ4n) is 3.61. The first-order valence-corrected chi connectivity index (χ1v) is 10.1. The minimum atomic E-state index is -0.710. The molecule has 0 fully saturated rings. The molecule has 0 aliphatic rings. The number of para-hydroxylation sites is 1. The number of primary amides is 1. The second-order valence-corrected chi connectivity index (χ2v) is 7.54. The first-order chi connectivity index (χ1) is 15.4. The molecule has 6 heteroatoms. The fourth-order valence-corrected chi connectivity index (χ4v) is 3.61. The fraction of sp³-hybridized carbons (Fsp3) is 0.0769. The Labute approximate surface area is 185 Å². The van der Waals surface area contributed by atoms with Gasteiger partial charge in [0.05, 0.1) is 16.9 Å². The lowest BCUT2D eigenvalue weighted by molar-refractivity contribution is 0.100. The minimum absolute atomic E-state index is 0.0445. The van der Waals surface area contributed by atoms with E-state index in [9.17, 15) is 9.59 Å². The molecular weight excluding hydrogens is 402 g/mol. The molecule has 0 radical (unpaired) electrons. The number of carbonyl (C=O) groups excluding carboxylic acids is 2. The maximum Gasteiger partial charge on any atom is 0.253 e. The second kappa shape index (κ2) is 8.43. The van der Waals surface area contributed by atoms with Crippen molar-refractivity contribution in [2.75, 3.05) is 5.73 Å². The number of benzene rings is 3. The number of H-pyrrole nitrogens is 1. The normalized spacial score (nSPS) is 10.7. The predicted molar refractivity (Wildman–Crippen MR) is 125 cm³/mol. The van der Waals surface area contributed by atoms with Crippen molar-refractivity contribution < 1.29 is 14.3 Å². The van der Waals surface area contributed by atoms with Crippen molar-refractivity contribution in [3.05, 3.63) is 101 Å². The third kappa shape index (κ3) is 3.86. The van der Waals surface area contributed by atoms with Gasteiger partial charge in [0.2, 0.25) is 5.78 Å². The van der Waals surface area contributed by atoms with Gasteiger partial charge in [0.15, 0.2) is 0 Å². The summed E-state index contributed by atoms with van der Waals surface area (Å²) in [6, 6.07) is 22.0. The zero-order valence-corrected chi connectivity index (χ0v) is 17.8. The van der Waals surface area contributed by atoms with Crippen LogP contribution in [0, 0.1) is 13.8 Å². The lowest BCUT2D eigenvalue weighted by Gasteiger charge is -2.07. The number of nitrogens with two attached hydrogens (primary N) is 2. The maximum atomic E-state index is 13.2. The quantitative estimate of drug-likeness (QED) is 0.377. The van der Waals surface area contributed by atoms with Gasteiger partial charge in [-0.2, -0.15) is 0 Å².